The van der Waals surface area contributed by atoms with Crippen molar-refractivity contribution >= 4 is 53.4 Å². The van der Waals surface area contributed by atoms with Crippen molar-refractivity contribution < 1.29 is 78.1 Å². The maximum absolute atomic E-state index is 12.6. The van der Waals surface area contributed by atoms with Crippen molar-refractivity contribution in [2.45, 2.75) is 0 Å². The molecule has 4 aromatic carbocycles. The van der Waals surface area contributed by atoms with E-state index in [-0.39, 0.29) is 79.4 Å². The summed E-state index contributed by atoms with van der Waals surface area (Å²) in [5.41, 5.74) is 0.941. The summed E-state index contributed by atoms with van der Waals surface area (Å²) < 4.78 is 1.87. The molecule has 26 heavy (non-hydrogen) atoms. The molecule has 0 aliphatic rings. The molecule has 0 amide bonds. The predicted molar refractivity (Wildman–Crippen MR) is 110 cm³/mol. The molecular weight excluding hydrogens is 908 g/mol. The number of fused-ring (bicyclic) bond motifs is 2. The predicted octanol–water partition coefficient (Wildman–Crippen LogP) is 6.32. The molecule has 0 atom stereocenters. The molecule has 0 aromatic heterocycles. The molecule has 0 heterocycles. The van der Waals surface area contributed by atoms with E-state index in [1.165, 1.54) is 12.1 Å². The zero-order valence-corrected chi connectivity index (χ0v) is 24.8. The first-order valence-corrected chi connectivity index (χ1v) is 8.92. The van der Waals surface area contributed by atoms with Crippen LogP contribution in [0.3, 0.4) is 0 Å². The molecule has 0 N–H and O–H groups in total. The van der Waals surface area contributed by atoms with Crippen molar-refractivity contribution in [2.75, 3.05) is 0 Å². The van der Waals surface area contributed by atoms with Crippen LogP contribution in [0.25, 0.3) is 32.7 Å². The molecule has 134 valence electrons. The van der Waals surface area contributed by atoms with Crippen LogP contribution >= 0.6 is 31.9 Å². The Hall–Kier alpha value is 0.0639. The minimum Gasteiger partial charge on any atom is -0.872 e. The van der Waals surface area contributed by atoms with Gasteiger partial charge in [0.25, 0.3) is 0 Å². The molecule has 0 spiro atoms. The summed E-state index contributed by atoms with van der Waals surface area (Å²) in [7, 11) is 0. The van der Waals surface area contributed by atoms with Crippen molar-refractivity contribution in [3.05, 3.63) is 69.6 Å². The molecule has 0 unspecified atom stereocenters. The van der Waals surface area contributed by atoms with Gasteiger partial charge in [-0.25, -0.2) is 0 Å². The van der Waals surface area contributed by atoms with Gasteiger partial charge in [-0.3, -0.25) is 0 Å². The smallest absolute Gasteiger partial charge is 0.0181 e. The number of halogens is 2. The van der Waals surface area contributed by atoms with Crippen LogP contribution in [0.4, 0.5) is 0 Å². The first-order chi connectivity index (χ1) is 11.5. The van der Waals surface area contributed by atoms with Crippen LogP contribution in [-0.4, -0.2) is 0 Å². The zero-order valence-electron chi connectivity index (χ0n) is 13.3. The van der Waals surface area contributed by atoms with Crippen molar-refractivity contribution in [1.29, 1.82) is 0 Å². The largest absolute Gasteiger partial charge is 0.872 e. The van der Waals surface area contributed by atoms with Crippen molar-refractivity contribution in [3.8, 4) is 22.6 Å². The minimum absolute atomic E-state index is 0. The first kappa shape index (κ1) is 22.4. The molecule has 6 heteroatoms. The molecule has 0 aliphatic carbocycles. The van der Waals surface area contributed by atoms with Gasteiger partial charge < -0.3 is 10.2 Å². The van der Waals surface area contributed by atoms with Crippen molar-refractivity contribution in [1.82, 2.24) is 0 Å². The Kier molecular flexibility index (Phi) is 7.77. The summed E-state index contributed by atoms with van der Waals surface area (Å²) in [5.74, 6) is -0.283. The molecule has 0 fully saturated rings. The van der Waals surface area contributed by atoms with Gasteiger partial charge in [0.05, 0.1) is 0 Å². The van der Waals surface area contributed by atoms with Crippen LogP contribution in [0.2, 0.25) is 0 Å². The zero-order chi connectivity index (χ0) is 16.8. The van der Waals surface area contributed by atoms with Gasteiger partial charge in [0.1, 0.15) is 0 Å². The summed E-state index contributed by atoms with van der Waals surface area (Å²) in [6, 6.07) is 18.1. The third-order valence-corrected chi connectivity index (χ3v) is 5.12. The van der Waals surface area contributed by atoms with E-state index in [0.29, 0.717) is 11.1 Å². The van der Waals surface area contributed by atoms with E-state index in [1.54, 1.807) is 12.1 Å². The molecule has 4 aromatic rings. The molecule has 0 radical (unpaired) electrons. The number of hydrogen-bond acceptors (Lipinski definition) is 2. The van der Waals surface area contributed by atoms with Crippen LogP contribution in [0.15, 0.2) is 69.6 Å². The Labute approximate surface area is 221 Å². The Morgan fingerprint density at radius 3 is 1.35 bits per heavy atom. The standard InChI is InChI=1S/C20H12Br2O2.2U.4H2/c21-13-3-5-15-11(9-13)1-7-17(23)19(15)20-16-6-4-14(22)10-12(16)2-8-18(20)24;;;;;;/h1-10,23-24H;;;4*1H/p-2. The third-order valence-electron chi connectivity index (χ3n) is 4.14. The molecule has 4 rings (SSSR count). The Bertz CT molecular complexity index is 1040. The van der Waals surface area contributed by atoms with Crippen LogP contribution in [0.5, 0.6) is 11.5 Å². The number of hydrogen-bond donors (Lipinski definition) is 0. The van der Waals surface area contributed by atoms with E-state index < -0.39 is 0 Å². The van der Waals surface area contributed by atoms with Crippen LogP contribution in [0.1, 0.15) is 5.71 Å². The molecule has 2 nitrogen and oxygen atoms in total. The van der Waals surface area contributed by atoms with E-state index in [9.17, 15) is 10.2 Å². The fraction of sp³-hybridized carbons (Fsp3) is 0. The van der Waals surface area contributed by atoms with Gasteiger partial charge in [-0.05, 0) is 56.9 Å². The second-order valence-corrected chi connectivity index (χ2v) is 7.44. The summed E-state index contributed by atoms with van der Waals surface area (Å²) >= 11 is 6.90. The van der Waals surface area contributed by atoms with Crippen LogP contribution in [0, 0.1) is 62.2 Å². The Morgan fingerprint density at radius 1 is 0.577 bits per heavy atom. The normalized spacial score (nSPS) is 10.4. The van der Waals surface area contributed by atoms with Crippen molar-refractivity contribution in [3.63, 3.8) is 0 Å². The average molecular weight is 926 g/mol. The van der Waals surface area contributed by atoms with Gasteiger partial charge in [0.15, 0.2) is 0 Å². The first-order valence-electron chi connectivity index (χ1n) is 7.33. The van der Waals surface area contributed by atoms with Gasteiger partial charge in [0.2, 0.25) is 0 Å². The SMILES string of the molecule is [HH].[HH].[HH].[HH].[O-]c1ccc2cc(Br)ccc2c1-c1c([O-])ccc2cc(Br)ccc12.[U].[U]. The van der Waals surface area contributed by atoms with Crippen LogP contribution in [-0.2, 0) is 0 Å². The van der Waals surface area contributed by atoms with Crippen molar-refractivity contribution in [2.24, 2.45) is 0 Å². The molecular formula is C20H18Br2O2U2-2. The summed E-state index contributed by atoms with van der Waals surface area (Å²) in [4.78, 5) is 0. The summed E-state index contributed by atoms with van der Waals surface area (Å²) in [5, 5.41) is 28.7. The van der Waals surface area contributed by atoms with E-state index in [0.717, 1.165) is 30.5 Å². The topological polar surface area (TPSA) is 46.1 Å². The summed E-state index contributed by atoms with van der Waals surface area (Å²) in [6.45, 7) is 0. The van der Waals surface area contributed by atoms with Gasteiger partial charge in [0, 0.05) is 76.9 Å². The maximum atomic E-state index is 12.6. The quantitative estimate of drug-likeness (QED) is 0.225. The van der Waals surface area contributed by atoms with E-state index in [4.69, 9.17) is 0 Å². The van der Waals surface area contributed by atoms with E-state index in [1.807, 2.05) is 36.4 Å². The van der Waals surface area contributed by atoms with Gasteiger partial charge in [-0.1, -0.05) is 68.3 Å². The second kappa shape index (κ2) is 9.04. The molecule has 0 bridgehead atoms. The molecule has 0 saturated carbocycles. The molecule has 0 aliphatic heterocycles. The second-order valence-electron chi connectivity index (χ2n) is 5.61. The summed E-state index contributed by atoms with van der Waals surface area (Å²) in [6.07, 6.45) is 0. The average Bonchev–Trinajstić information content (AvgIpc) is 2.56. The fourth-order valence-electron chi connectivity index (χ4n) is 3.08. The molecule has 0 saturated heterocycles. The fourth-order valence-corrected chi connectivity index (χ4v) is 3.83. The monoisotopic (exact) mass is 924 g/mol. The third kappa shape index (κ3) is 4.07. The van der Waals surface area contributed by atoms with Crippen LogP contribution < -0.4 is 10.2 Å². The number of rotatable bonds is 1. The van der Waals surface area contributed by atoms with E-state index >= 15 is 0 Å². The van der Waals surface area contributed by atoms with Gasteiger partial charge in [-0.15, -0.1) is 11.5 Å². The maximum Gasteiger partial charge on any atom is 0.0181 e. The Morgan fingerprint density at radius 2 is 0.962 bits per heavy atom. The Balaban J connectivity index is -0.00000121. The van der Waals surface area contributed by atoms with Gasteiger partial charge in [-0.2, -0.15) is 0 Å². The van der Waals surface area contributed by atoms with Gasteiger partial charge >= 0.3 is 0 Å². The number of benzene rings is 4. The minimum atomic E-state index is -0.141. The van der Waals surface area contributed by atoms with E-state index in [2.05, 4.69) is 31.9 Å².